The lowest BCUT2D eigenvalue weighted by atomic mass is 10.1. The number of benzene rings is 1. The molecule has 0 bridgehead atoms. The van der Waals surface area contributed by atoms with Gasteiger partial charge in [-0.15, -0.1) is 0 Å². The lowest BCUT2D eigenvalue weighted by Gasteiger charge is -2.35. The van der Waals surface area contributed by atoms with Gasteiger partial charge in [-0.2, -0.15) is 5.26 Å². The number of halogens is 1. The average Bonchev–Trinajstić information content (AvgIpc) is 2.68. The van der Waals surface area contributed by atoms with Gasteiger partial charge in [-0.1, -0.05) is 0 Å². The normalized spacial score (nSPS) is 14.1. The molecule has 0 saturated carbocycles. The van der Waals surface area contributed by atoms with Crippen LogP contribution in [0, 0.1) is 11.3 Å². The van der Waals surface area contributed by atoms with E-state index in [9.17, 15) is 10.1 Å². The van der Waals surface area contributed by atoms with Crippen molar-refractivity contribution in [3.05, 3.63) is 52.1 Å². The van der Waals surface area contributed by atoms with Gasteiger partial charge in [0.1, 0.15) is 17.6 Å². The Morgan fingerprint density at radius 2 is 2.04 bits per heavy atom. The predicted octanol–water partition coefficient (Wildman–Crippen LogP) is 2.69. The van der Waals surface area contributed by atoms with E-state index in [2.05, 4.69) is 27.0 Å². The molecule has 1 saturated heterocycles. The Bertz CT molecular complexity index is 826. The predicted molar refractivity (Wildman–Crippen MR) is 97.8 cm³/mol. The van der Waals surface area contributed by atoms with Crippen LogP contribution in [-0.2, 0) is 0 Å². The van der Waals surface area contributed by atoms with Crippen molar-refractivity contribution < 1.29 is 9.53 Å². The lowest BCUT2D eigenvalue weighted by molar-refractivity contribution is 0.0745. The summed E-state index contributed by atoms with van der Waals surface area (Å²) in [6.45, 7) is 2.42. The SMILES string of the molecule is COc1ccc(Br)c(C(=O)N2CCN(c3ncccc3C#N)CC2)c1. The Labute approximate surface area is 154 Å². The monoisotopic (exact) mass is 400 g/mol. The van der Waals surface area contributed by atoms with Gasteiger partial charge in [0, 0.05) is 36.8 Å². The Morgan fingerprint density at radius 1 is 1.28 bits per heavy atom. The number of hydrogen-bond acceptors (Lipinski definition) is 5. The van der Waals surface area contributed by atoms with Crippen LogP contribution in [0.5, 0.6) is 5.75 Å². The third-order valence-electron chi connectivity index (χ3n) is 4.18. The summed E-state index contributed by atoms with van der Waals surface area (Å²) in [5, 5.41) is 9.22. The van der Waals surface area contributed by atoms with Gasteiger partial charge >= 0.3 is 0 Å². The van der Waals surface area contributed by atoms with Crippen molar-refractivity contribution in [1.82, 2.24) is 9.88 Å². The highest BCUT2D eigenvalue weighted by atomic mass is 79.9. The molecular weight excluding hydrogens is 384 g/mol. The van der Waals surface area contributed by atoms with Crippen molar-refractivity contribution in [3.63, 3.8) is 0 Å². The molecule has 0 spiro atoms. The molecule has 1 amide bonds. The van der Waals surface area contributed by atoms with E-state index in [1.54, 1.807) is 31.5 Å². The quantitative estimate of drug-likeness (QED) is 0.791. The van der Waals surface area contributed by atoms with Crippen LogP contribution in [0.4, 0.5) is 5.82 Å². The molecule has 6 nitrogen and oxygen atoms in total. The summed E-state index contributed by atoms with van der Waals surface area (Å²) in [5.74, 6) is 1.30. The van der Waals surface area contributed by atoms with Crippen LogP contribution in [0.15, 0.2) is 41.0 Å². The topological polar surface area (TPSA) is 69.5 Å². The highest BCUT2D eigenvalue weighted by Crippen LogP contribution is 2.25. The number of methoxy groups -OCH3 is 1. The van der Waals surface area contributed by atoms with Crippen LogP contribution in [0.3, 0.4) is 0 Å². The fourth-order valence-corrected chi connectivity index (χ4v) is 3.24. The molecule has 7 heteroatoms. The number of pyridine rings is 1. The van der Waals surface area contributed by atoms with Crippen molar-refractivity contribution in [2.24, 2.45) is 0 Å². The molecule has 1 aliphatic heterocycles. The number of rotatable bonds is 3. The number of piperazine rings is 1. The zero-order valence-electron chi connectivity index (χ0n) is 13.8. The van der Waals surface area contributed by atoms with Gasteiger partial charge in [0.2, 0.25) is 0 Å². The smallest absolute Gasteiger partial charge is 0.255 e. The minimum absolute atomic E-state index is 0.0352. The first kappa shape index (κ1) is 17.2. The summed E-state index contributed by atoms with van der Waals surface area (Å²) < 4.78 is 5.96. The van der Waals surface area contributed by atoms with Gasteiger partial charge in [-0.3, -0.25) is 4.79 Å². The molecule has 1 aromatic heterocycles. The molecule has 1 aliphatic rings. The maximum Gasteiger partial charge on any atom is 0.255 e. The summed E-state index contributed by atoms with van der Waals surface area (Å²) >= 11 is 3.43. The van der Waals surface area contributed by atoms with Crippen LogP contribution >= 0.6 is 15.9 Å². The van der Waals surface area contributed by atoms with Crippen LogP contribution in [0.2, 0.25) is 0 Å². The van der Waals surface area contributed by atoms with Crippen molar-refractivity contribution in [1.29, 1.82) is 5.26 Å². The standard InChI is InChI=1S/C18H17BrN4O2/c1-25-14-4-5-16(19)15(11-14)18(24)23-9-7-22(8-10-23)17-13(12-20)3-2-6-21-17/h2-6,11H,7-10H2,1H3. The maximum atomic E-state index is 12.8. The lowest BCUT2D eigenvalue weighted by Crippen LogP contribution is -2.49. The Morgan fingerprint density at radius 3 is 2.72 bits per heavy atom. The van der Waals surface area contributed by atoms with Crippen LogP contribution in [0.25, 0.3) is 0 Å². The van der Waals surface area contributed by atoms with E-state index in [0.29, 0.717) is 48.9 Å². The van der Waals surface area contributed by atoms with E-state index < -0.39 is 0 Å². The first-order valence-corrected chi connectivity index (χ1v) is 8.66. The zero-order chi connectivity index (χ0) is 17.8. The van der Waals surface area contributed by atoms with Gasteiger partial charge in [0.15, 0.2) is 0 Å². The molecule has 128 valence electrons. The number of carbonyl (C=O) groups excluding carboxylic acids is 1. The van der Waals surface area contributed by atoms with Gasteiger partial charge in [-0.05, 0) is 46.3 Å². The molecular formula is C18H17BrN4O2. The Hall–Kier alpha value is -2.59. The highest BCUT2D eigenvalue weighted by molar-refractivity contribution is 9.10. The first-order chi connectivity index (χ1) is 12.1. The first-order valence-electron chi connectivity index (χ1n) is 7.87. The average molecular weight is 401 g/mol. The van der Waals surface area contributed by atoms with E-state index in [0.717, 1.165) is 4.47 Å². The summed E-state index contributed by atoms with van der Waals surface area (Å²) in [7, 11) is 1.58. The molecule has 2 heterocycles. The highest BCUT2D eigenvalue weighted by Gasteiger charge is 2.25. The third-order valence-corrected chi connectivity index (χ3v) is 4.87. The number of amides is 1. The van der Waals surface area contributed by atoms with Crippen molar-refractivity contribution in [2.75, 3.05) is 38.2 Å². The van der Waals surface area contributed by atoms with E-state index >= 15 is 0 Å². The molecule has 0 radical (unpaired) electrons. The molecule has 2 aromatic rings. The van der Waals surface area contributed by atoms with E-state index in [-0.39, 0.29) is 5.91 Å². The molecule has 1 aromatic carbocycles. The second kappa shape index (κ2) is 7.53. The van der Waals surface area contributed by atoms with Crippen molar-refractivity contribution in [3.8, 4) is 11.8 Å². The summed E-state index contributed by atoms with van der Waals surface area (Å²) in [6, 6.07) is 11.0. The Balaban J connectivity index is 1.72. The van der Waals surface area contributed by atoms with Gasteiger partial charge in [0.05, 0.1) is 18.2 Å². The zero-order valence-corrected chi connectivity index (χ0v) is 15.4. The van der Waals surface area contributed by atoms with Crippen LogP contribution in [0.1, 0.15) is 15.9 Å². The molecule has 3 rings (SSSR count). The summed E-state index contributed by atoms with van der Waals surface area (Å²) in [5.41, 5.74) is 1.14. The fourth-order valence-electron chi connectivity index (χ4n) is 2.82. The summed E-state index contributed by atoms with van der Waals surface area (Å²) in [4.78, 5) is 21.0. The minimum Gasteiger partial charge on any atom is -0.497 e. The van der Waals surface area contributed by atoms with Gasteiger partial charge in [0.25, 0.3) is 5.91 Å². The number of anilines is 1. The second-order valence-corrected chi connectivity index (χ2v) is 6.47. The number of hydrogen-bond donors (Lipinski definition) is 0. The molecule has 0 aliphatic carbocycles. The number of nitriles is 1. The molecule has 25 heavy (non-hydrogen) atoms. The molecule has 0 unspecified atom stereocenters. The Kier molecular flexibility index (Phi) is 5.19. The number of aromatic nitrogens is 1. The number of ether oxygens (including phenoxy) is 1. The van der Waals surface area contributed by atoms with Crippen molar-refractivity contribution in [2.45, 2.75) is 0 Å². The van der Waals surface area contributed by atoms with E-state index in [1.807, 2.05) is 21.9 Å². The van der Waals surface area contributed by atoms with Gasteiger partial charge in [-0.25, -0.2) is 4.98 Å². The molecule has 1 fully saturated rings. The van der Waals surface area contributed by atoms with Gasteiger partial charge < -0.3 is 14.5 Å². The molecule has 0 atom stereocenters. The molecule has 0 N–H and O–H groups in total. The minimum atomic E-state index is -0.0352. The largest absolute Gasteiger partial charge is 0.497 e. The number of carbonyl (C=O) groups is 1. The van der Waals surface area contributed by atoms with Crippen LogP contribution in [-0.4, -0.2) is 49.1 Å². The summed E-state index contributed by atoms with van der Waals surface area (Å²) in [6.07, 6.45) is 1.68. The maximum absolute atomic E-state index is 12.8. The van der Waals surface area contributed by atoms with Crippen LogP contribution < -0.4 is 9.64 Å². The third kappa shape index (κ3) is 3.59. The van der Waals surface area contributed by atoms with Crippen molar-refractivity contribution >= 4 is 27.7 Å². The fraction of sp³-hybridized carbons (Fsp3) is 0.278. The van der Waals surface area contributed by atoms with E-state index in [1.165, 1.54) is 0 Å². The second-order valence-electron chi connectivity index (χ2n) is 5.61. The number of nitrogens with zero attached hydrogens (tertiary/aromatic N) is 4. The van der Waals surface area contributed by atoms with E-state index in [4.69, 9.17) is 4.74 Å².